The maximum Gasteiger partial charge on any atom is 0.230 e. The van der Waals surface area contributed by atoms with E-state index in [1.807, 2.05) is 72.2 Å². The van der Waals surface area contributed by atoms with Crippen LogP contribution in [0.2, 0.25) is 0 Å². The van der Waals surface area contributed by atoms with Gasteiger partial charge in [-0.15, -0.1) is 10.2 Å². The van der Waals surface area contributed by atoms with E-state index in [0.29, 0.717) is 17.6 Å². The zero-order chi connectivity index (χ0) is 21.9. The first kappa shape index (κ1) is 20.4. The van der Waals surface area contributed by atoms with Crippen LogP contribution in [0.15, 0.2) is 76.5 Å². The van der Waals surface area contributed by atoms with Crippen molar-refractivity contribution in [2.75, 3.05) is 12.4 Å². The number of benzene rings is 2. The van der Waals surface area contributed by atoms with Gasteiger partial charge in [0.05, 0.1) is 30.2 Å². The Balaban J connectivity index is 1.36. The van der Waals surface area contributed by atoms with Gasteiger partial charge in [0.25, 0.3) is 0 Å². The van der Waals surface area contributed by atoms with Crippen LogP contribution >= 0.6 is 11.8 Å². The number of hydrogen-bond donors (Lipinski definition) is 1. The number of furan rings is 1. The van der Waals surface area contributed by atoms with Crippen molar-refractivity contribution in [3.8, 4) is 22.8 Å². The fraction of sp³-hybridized carbons (Fsp3) is 0.208. The number of ether oxygens (including phenoxy) is 1. The standard InChI is InChI=1S/C24H22N4O3S/c1-16-18(11-13-30-16)23-26-27-24(28(23)17-7-3-2-4-8-17)32-15-22(29)25-20-12-14-31-21-10-6-5-9-19(20)21/h2-11,13,20H,12,14-15H2,1H3,(H,25,29). The van der Waals surface area contributed by atoms with Gasteiger partial charge in [0.15, 0.2) is 11.0 Å². The molecule has 0 aliphatic carbocycles. The van der Waals surface area contributed by atoms with Gasteiger partial charge in [-0.1, -0.05) is 48.2 Å². The number of nitrogens with one attached hydrogen (secondary N) is 1. The van der Waals surface area contributed by atoms with Crippen molar-refractivity contribution in [3.63, 3.8) is 0 Å². The average molecular weight is 447 g/mol. The fourth-order valence-corrected chi connectivity index (χ4v) is 4.59. The third kappa shape index (κ3) is 4.01. The van der Waals surface area contributed by atoms with Gasteiger partial charge in [0.1, 0.15) is 11.5 Å². The number of hydrogen-bond acceptors (Lipinski definition) is 6. The van der Waals surface area contributed by atoms with Crippen molar-refractivity contribution in [1.82, 2.24) is 20.1 Å². The number of aromatic nitrogens is 3. The molecule has 0 spiro atoms. The quantitative estimate of drug-likeness (QED) is 0.437. The van der Waals surface area contributed by atoms with Crippen LogP contribution in [-0.2, 0) is 4.79 Å². The summed E-state index contributed by atoms with van der Waals surface area (Å²) in [6, 6.07) is 19.5. The van der Waals surface area contributed by atoms with E-state index in [1.165, 1.54) is 11.8 Å². The van der Waals surface area contributed by atoms with Crippen molar-refractivity contribution in [1.29, 1.82) is 0 Å². The summed E-state index contributed by atoms with van der Waals surface area (Å²) in [4.78, 5) is 12.8. The molecule has 1 unspecified atom stereocenters. The first-order valence-electron chi connectivity index (χ1n) is 10.4. The highest BCUT2D eigenvalue weighted by molar-refractivity contribution is 7.99. The summed E-state index contributed by atoms with van der Waals surface area (Å²) in [5.74, 6) is 2.46. The fourth-order valence-electron chi connectivity index (χ4n) is 3.82. The first-order chi connectivity index (χ1) is 15.7. The number of rotatable bonds is 6. The Morgan fingerprint density at radius 1 is 1.12 bits per heavy atom. The van der Waals surface area contributed by atoms with Crippen LogP contribution in [-0.4, -0.2) is 33.0 Å². The predicted molar refractivity (Wildman–Crippen MR) is 122 cm³/mol. The van der Waals surface area contributed by atoms with Crippen LogP contribution in [0.1, 0.15) is 23.8 Å². The summed E-state index contributed by atoms with van der Waals surface area (Å²) in [5, 5.41) is 12.6. The van der Waals surface area contributed by atoms with Crippen LogP contribution in [0.4, 0.5) is 0 Å². The van der Waals surface area contributed by atoms with E-state index in [-0.39, 0.29) is 17.7 Å². The molecule has 1 atom stereocenters. The lowest BCUT2D eigenvalue weighted by Gasteiger charge is -2.26. The number of amides is 1. The van der Waals surface area contributed by atoms with E-state index in [1.54, 1.807) is 6.26 Å². The normalized spacial score (nSPS) is 15.1. The Kier molecular flexibility index (Phi) is 5.68. The Hall–Kier alpha value is -3.52. The number of nitrogens with zero attached hydrogens (tertiary/aromatic N) is 3. The highest BCUT2D eigenvalue weighted by atomic mass is 32.2. The molecule has 0 bridgehead atoms. The van der Waals surface area contributed by atoms with Crippen LogP contribution < -0.4 is 10.1 Å². The molecule has 2 aromatic heterocycles. The number of thioether (sulfide) groups is 1. The van der Waals surface area contributed by atoms with E-state index in [9.17, 15) is 4.79 Å². The SMILES string of the molecule is Cc1occc1-c1nnc(SCC(=O)NC2CCOc3ccccc32)n1-c1ccccc1. The molecule has 0 saturated carbocycles. The topological polar surface area (TPSA) is 82.2 Å². The molecule has 162 valence electrons. The molecule has 0 saturated heterocycles. The molecule has 32 heavy (non-hydrogen) atoms. The first-order valence-corrected chi connectivity index (χ1v) is 11.4. The van der Waals surface area contributed by atoms with Crippen LogP contribution in [0.25, 0.3) is 17.1 Å². The van der Waals surface area contributed by atoms with Crippen molar-refractivity contribution in [3.05, 3.63) is 78.3 Å². The molecule has 3 heterocycles. The lowest BCUT2D eigenvalue weighted by molar-refractivity contribution is -0.119. The van der Waals surface area contributed by atoms with Crippen LogP contribution in [0.5, 0.6) is 5.75 Å². The van der Waals surface area contributed by atoms with Crippen molar-refractivity contribution >= 4 is 17.7 Å². The summed E-state index contributed by atoms with van der Waals surface area (Å²) in [6.45, 7) is 2.48. The van der Waals surface area contributed by atoms with Crippen molar-refractivity contribution in [2.24, 2.45) is 0 Å². The van der Waals surface area contributed by atoms with E-state index in [2.05, 4.69) is 15.5 Å². The second-order valence-corrected chi connectivity index (χ2v) is 8.39. The number of fused-ring (bicyclic) bond motifs is 1. The van der Waals surface area contributed by atoms with Gasteiger partial charge in [-0.2, -0.15) is 0 Å². The van der Waals surface area contributed by atoms with Crippen molar-refractivity contribution < 1.29 is 13.9 Å². The zero-order valence-electron chi connectivity index (χ0n) is 17.5. The van der Waals surface area contributed by atoms with Gasteiger partial charge in [-0.3, -0.25) is 9.36 Å². The van der Waals surface area contributed by atoms with Gasteiger partial charge in [0.2, 0.25) is 5.91 Å². The Morgan fingerprint density at radius 3 is 2.75 bits per heavy atom. The van der Waals surface area contributed by atoms with Crippen LogP contribution in [0.3, 0.4) is 0 Å². The Morgan fingerprint density at radius 2 is 1.94 bits per heavy atom. The second-order valence-electron chi connectivity index (χ2n) is 7.45. The van der Waals surface area contributed by atoms with Gasteiger partial charge < -0.3 is 14.5 Å². The molecular weight excluding hydrogens is 424 g/mol. The van der Waals surface area contributed by atoms with Gasteiger partial charge in [-0.05, 0) is 31.2 Å². The van der Waals surface area contributed by atoms with Crippen LogP contribution in [0, 0.1) is 6.92 Å². The molecular formula is C24H22N4O3S. The smallest absolute Gasteiger partial charge is 0.230 e. The monoisotopic (exact) mass is 446 g/mol. The minimum Gasteiger partial charge on any atom is -0.493 e. The predicted octanol–water partition coefficient (Wildman–Crippen LogP) is 4.57. The average Bonchev–Trinajstić information content (AvgIpc) is 3.44. The number of carbonyl (C=O) groups is 1. The molecule has 1 amide bonds. The summed E-state index contributed by atoms with van der Waals surface area (Å²) >= 11 is 1.36. The maximum atomic E-state index is 12.8. The van der Waals surface area contributed by atoms with Crippen molar-refractivity contribution in [2.45, 2.75) is 24.5 Å². The number of carbonyl (C=O) groups excluding carboxylic acids is 1. The van der Waals surface area contributed by atoms with Gasteiger partial charge >= 0.3 is 0 Å². The summed E-state index contributed by atoms with van der Waals surface area (Å²) in [7, 11) is 0. The molecule has 1 N–H and O–H groups in total. The summed E-state index contributed by atoms with van der Waals surface area (Å²) in [6.07, 6.45) is 2.39. The third-order valence-corrected chi connectivity index (χ3v) is 6.30. The molecule has 0 radical (unpaired) electrons. The lowest BCUT2D eigenvalue weighted by atomic mass is 10.0. The zero-order valence-corrected chi connectivity index (χ0v) is 18.3. The number of para-hydroxylation sites is 2. The molecule has 4 aromatic rings. The molecule has 1 aliphatic rings. The summed E-state index contributed by atoms with van der Waals surface area (Å²) < 4.78 is 13.1. The molecule has 1 aliphatic heterocycles. The lowest BCUT2D eigenvalue weighted by Crippen LogP contribution is -2.33. The largest absolute Gasteiger partial charge is 0.493 e. The molecule has 2 aromatic carbocycles. The minimum atomic E-state index is -0.0552. The third-order valence-electron chi connectivity index (χ3n) is 5.37. The Bertz CT molecular complexity index is 1240. The molecule has 8 heteroatoms. The highest BCUT2D eigenvalue weighted by Crippen LogP contribution is 2.32. The van der Waals surface area contributed by atoms with E-state index in [0.717, 1.165) is 34.7 Å². The highest BCUT2D eigenvalue weighted by Gasteiger charge is 2.24. The Labute approximate surface area is 189 Å². The number of aryl methyl sites for hydroxylation is 1. The van der Waals surface area contributed by atoms with E-state index >= 15 is 0 Å². The van der Waals surface area contributed by atoms with Gasteiger partial charge in [0, 0.05) is 17.7 Å². The van der Waals surface area contributed by atoms with E-state index in [4.69, 9.17) is 9.15 Å². The summed E-state index contributed by atoms with van der Waals surface area (Å²) in [5.41, 5.74) is 2.81. The second kappa shape index (κ2) is 8.92. The van der Waals surface area contributed by atoms with E-state index < -0.39 is 0 Å². The molecule has 7 nitrogen and oxygen atoms in total. The maximum absolute atomic E-state index is 12.8. The van der Waals surface area contributed by atoms with Gasteiger partial charge in [-0.25, -0.2) is 0 Å². The minimum absolute atomic E-state index is 0.0517. The molecule has 5 rings (SSSR count). The molecule has 0 fully saturated rings.